The highest BCUT2D eigenvalue weighted by Gasteiger charge is 2.28. The predicted molar refractivity (Wildman–Crippen MR) is 87.1 cm³/mol. The minimum Gasteiger partial charge on any atom is -0.378 e. The Kier molecular flexibility index (Phi) is 3.94. The van der Waals surface area contributed by atoms with Crippen molar-refractivity contribution in [3.63, 3.8) is 0 Å². The van der Waals surface area contributed by atoms with Gasteiger partial charge in [0.25, 0.3) is 0 Å². The van der Waals surface area contributed by atoms with Crippen molar-refractivity contribution in [3.05, 3.63) is 40.6 Å². The number of benzene rings is 1. The highest BCUT2D eigenvalue weighted by Crippen LogP contribution is 2.33. The lowest BCUT2D eigenvalue weighted by molar-refractivity contribution is -0.384. The zero-order valence-corrected chi connectivity index (χ0v) is 12.6. The van der Waals surface area contributed by atoms with E-state index in [1.165, 1.54) is 6.20 Å². The first-order chi connectivity index (χ1) is 10.6. The molecule has 2 aromatic rings. The summed E-state index contributed by atoms with van der Waals surface area (Å²) in [7, 11) is 0. The summed E-state index contributed by atoms with van der Waals surface area (Å²) in [6.07, 6.45) is 3.59. The van der Waals surface area contributed by atoms with Crippen LogP contribution in [0.3, 0.4) is 0 Å². The highest BCUT2D eigenvalue weighted by atomic mass is 16.6. The first kappa shape index (κ1) is 14.7. The molecule has 2 N–H and O–H groups in total. The molecule has 6 nitrogen and oxygen atoms in total. The fourth-order valence-electron chi connectivity index (χ4n) is 3.03. The van der Waals surface area contributed by atoms with Gasteiger partial charge in [0.15, 0.2) is 0 Å². The largest absolute Gasteiger partial charge is 0.378 e. The van der Waals surface area contributed by atoms with Gasteiger partial charge in [-0.15, -0.1) is 0 Å². The fourth-order valence-corrected chi connectivity index (χ4v) is 3.03. The van der Waals surface area contributed by atoms with Gasteiger partial charge in [-0.1, -0.05) is 25.1 Å². The fraction of sp³-hybridized carbons (Fsp3) is 0.438. The van der Waals surface area contributed by atoms with Crippen LogP contribution < -0.4 is 10.6 Å². The molecule has 0 amide bonds. The number of aromatic nitrogens is 1. The van der Waals surface area contributed by atoms with Gasteiger partial charge < -0.3 is 10.6 Å². The van der Waals surface area contributed by atoms with Crippen molar-refractivity contribution in [2.24, 2.45) is 5.41 Å². The van der Waals surface area contributed by atoms with E-state index < -0.39 is 0 Å². The number of anilines is 1. The third-order valence-corrected chi connectivity index (χ3v) is 4.33. The number of fused-ring (bicyclic) bond motifs is 1. The van der Waals surface area contributed by atoms with Gasteiger partial charge in [0.1, 0.15) is 11.9 Å². The van der Waals surface area contributed by atoms with Crippen LogP contribution in [0, 0.1) is 15.5 Å². The van der Waals surface area contributed by atoms with E-state index in [2.05, 4.69) is 22.5 Å². The lowest BCUT2D eigenvalue weighted by atomic mass is 9.82. The normalized spacial score (nSPS) is 21.7. The van der Waals surface area contributed by atoms with Crippen LogP contribution in [0.15, 0.2) is 30.5 Å². The zero-order valence-electron chi connectivity index (χ0n) is 12.6. The van der Waals surface area contributed by atoms with Crippen LogP contribution in [0.1, 0.15) is 19.8 Å². The van der Waals surface area contributed by atoms with Crippen molar-refractivity contribution in [2.45, 2.75) is 19.8 Å². The van der Waals surface area contributed by atoms with Crippen molar-refractivity contribution in [3.8, 4) is 0 Å². The number of hydrogen-bond acceptors (Lipinski definition) is 5. The number of hydrogen-bond donors (Lipinski definition) is 2. The molecule has 0 spiro atoms. The monoisotopic (exact) mass is 300 g/mol. The predicted octanol–water partition coefficient (Wildman–Crippen LogP) is 2.94. The Bertz CT molecular complexity index is 696. The van der Waals surface area contributed by atoms with E-state index in [0.717, 1.165) is 36.8 Å². The first-order valence-electron chi connectivity index (χ1n) is 7.56. The first-order valence-corrected chi connectivity index (χ1v) is 7.56. The van der Waals surface area contributed by atoms with Crippen molar-refractivity contribution < 1.29 is 4.92 Å². The van der Waals surface area contributed by atoms with E-state index >= 15 is 0 Å². The van der Waals surface area contributed by atoms with E-state index in [1.54, 1.807) is 0 Å². The maximum atomic E-state index is 11.3. The molecule has 1 aromatic carbocycles. The Morgan fingerprint density at radius 2 is 2.27 bits per heavy atom. The number of pyridine rings is 1. The van der Waals surface area contributed by atoms with Crippen LogP contribution in [0.2, 0.25) is 0 Å². The SMILES string of the molecule is CC1(CNc2c([N+](=O)[O-])cnc3ccccc23)CCCNC1. The Balaban J connectivity index is 1.94. The van der Waals surface area contributed by atoms with Gasteiger partial charge in [0.2, 0.25) is 0 Å². The number of nitro groups is 1. The van der Waals surface area contributed by atoms with Crippen molar-refractivity contribution in [1.29, 1.82) is 0 Å². The average Bonchev–Trinajstić information content (AvgIpc) is 2.53. The van der Waals surface area contributed by atoms with Gasteiger partial charge in [-0.25, -0.2) is 4.98 Å². The molecule has 2 heterocycles. The van der Waals surface area contributed by atoms with E-state index in [-0.39, 0.29) is 16.0 Å². The average molecular weight is 300 g/mol. The smallest absolute Gasteiger partial charge is 0.311 e. The van der Waals surface area contributed by atoms with Gasteiger partial charge >= 0.3 is 5.69 Å². The van der Waals surface area contributed by atoms with Crippen LogP contribution in [0.4, 0.5) is 11.4 Å². The van der Waals surface area contributed by atoms with E-state index in [0.29, 0.717) is 12.2 Å². The Morgan fingerprint density at radius 1 is 1.45 bits per heavy atom. The summed E-state index contributed by atoms with van der Waals surface area (Å²) in [6.45, 7) is 4.89. The molecule has 1 fully saturated rings. The second-order valence-corrected chi connectivity index (χ2v) is 6.24. The second kappa shape index (κ2) is 5.88. The molecule has 1 unspecified atom stereocenters. The molecule has 0 saturated carbocycles. The molecule has 116 valence electrons. The quantitative estimate of drug-likeness (QED) is 0.670. The Labute approximate surface area is 129 Å². The van der Waals surface area contributed by atoms with Crippen molar-refractivity contribution >= 4 is 22.3 Å². The van der Waals surface area contributed by atoms with E-state index in [1.807, 2.05) is 24.3 Å². The molecular formula is C16H20N4O2. The molecule has 3 rings (SSSR count). The third-order valence-electron chi connectivity index (χ3n) is 4.33. The van der Waals surface area contributed by atoms with Crippen molar-refractivity contribution in [1.82, 2.24) is 10.3 Å². The number of nitrogens with one attached hydrogen (secondary N) is 2. The maximum absolute atomic E-state index is 11.3. The Morgan fingerprint density at radius 3 is 3.00 bits per heavy atom. The van der Waals surface area contributed by atoms with Crippen LogP contribution in [-0.4, -0.2) is 29.5 Å². The number of piperidine rings is 1. The number of rotatable bonds is 4. The van der Waals surface area contributed by atoms with Crippen LogP contribution in [0.25, 0.3) is 10.9 Å². The zero-order chi connectivity index (χ0) is 15.6. The highest BCUT2D eigenvalue weighted by molar-refractivity contribution is 5.95. The molecule has 0 radical (unpaired) electrons. The Hall–Kier alpha value is -2.21. The summed E-state index contributed by atoms with van der Waals surface area (Å²) in [4.78, 5) is 15.1. The molecule has 1 atom stereocenters. The van der Waals surface area contributed by atoms with Gasteiger partial charge in [-0.2, -0.15) is 0 Å². The lowest BCUT2D eigenvalue weighted by Crippen LogP contribution is -2.42. The minimum absolute atomic E-state index is 0.0334. The van der Waals surface area contributed by atoms with Gasteiger partial charge in [-0.3, -0.25) is 10.1 Å². The van der Waals surface area contributed by atoms with Crippen LogP contribution in [-0.2, 0) is 0 Å². The standard InChI is InChI=1S/C16H20N4O2/c1-16(7-4-8-17-10-16)11-19-15-12-5-2-3-6-13(12)18-9-14(15)20(21)22/h2-3,5-6,9,17H,4,7-8,10-11H2,1H3,(H,18,19). The minimum atomic E-state index is -0.372. The van der Waals surface area contributed by atoms with Gasteiger partial charge in [0.05, 0.1) is 10.4 Å². The summed E-state index contributed by atoms with van der Waals surface area (Å²) >= 11 is 0. The molecule has 1 aromatic heterocycles. The third kappa shape index (κ3) is 2.87. The van der Waals surface area contributed by atoms with Crippen LogP contribution >= 0.6 is 0 Å². The molecule has 0 aliphatic carbocycles. The maximum Gasteiger partial charge on any atom is 0.311 e. The summed E-state index contributed by atoms with van der Waals surface area (Å²) in [5.41, 5.74) is 1.48. The topological polar surface area (TPSA) is 80.1 Å². The molecule has 1 aliphatic rings. The summed E-state index contributed by atoms with van der Waals surface area (Å²) in [5.74, 6) is 0. The molecule has 0 bridgehead atoms. The van der Waals surface area contributed by atoms with Gasteiger partial charge in [0, 0.05) is 18.5 Å². The molecular weight excluding hydrogens is 280 g/mol. The molecule has 1 saturated heterocycles. The molecule has 6 heteroatoms. The number of para-hydroxylation sites is 1. The van der Waals surface area contributed by atoms with E-state index in [4.69, 9.17) is 0 Å². The summed E-state index contributed by atoms with van der Waals surface area (Å²) in [6, 6.07) is 7.51. The second-order valence-electron chi connectivity index (χ2n) is 6.24. The van der Waals surface area contributed by atoms with Crippen molar-refractivity contribution in [2.75, 3.05) is 25.0 Å². The summed E-state index contributed by atoms with van der Waals surface area (Å²) < 4.78 is 0. The summed E-state index contributed by atoms with van der Waals surface area (Å²) in [5, 5.41) is 18.8. The van der Waals surface area contributed by atoms with Gasteiger partial charge in [-0.05, 0) is 30.9 Å². The number of nitrogens with zero attached hydrogens (tertiary/aromatic N) is 2. The van der Waals surface area contributed by atoms with E-state index in [9.17, 15) is 10.1 Å². The molecule has 22 heavy (non-hydrogen) atoms. The van der Waals surface area contributed by atoms with Crippen LogP contribution in [0.5, 0.6) is 0 Å². The lowest BCUT2D eigenvalue weighted by Gasteiger charge is -2.34. The molecule has 1 aliphatic heterocycles.